The van der Waals surface area contributed by atoms with Crippen molar-refractivity contribution in [2.24, 2.45) is 0 Å². The number of ether oxygens (including phenoxy) is 1. The summed E-state index contributed by atoms with van der Waals surface area (Å²) >= 11 is 0. The van der Waals surface area contributed by atoms with Gasteiger partial charge in [0, 0.05) is 13.1 Å². The Morgan fingerprint density at radius 2 is 2.05 bits per heavy atom. The van der Waals surface area contributed by atoms with Crippen molar-refractivity contribution in [3.05, 3.63) is 34.9 Å². The number of aryl methyl sites for hydroxylation is 2. The van der Waals surface area contributed by atoms with Gasteiger partial charge < -0.3 is 9.84 Å². The fraction of sp³-hybridized carbons (Fsp3) is 0.533. The van der Waals surface area contributed by atoms with E-state index in [0.29, 0.717) is 32.7 Å². The van der Waals surface area contributed by atoms with E-state index in [4.69, 9.17) is 4.74 Å². The first-order valence-electron chi connectivity index (χ1n) is 6.68. The molecule has 1 aliphatic rings. The topological polar surface area (TPSA) is 49.8 Å². The van der Waals surface area contributed by atoms with E-state index >= 15 is 0 Å². The maximum atomic E-state index is 11.5. The van der Waals surface area contributed by atoms with Crippen molar-refractivity contribution < 1.29 is 14.6 Å². The van der Waals surface area contributed by atoms with Gasteiger partial charge in [-0.25, -0.2) is 0 Å². The molecule has 0 spiro atoms. The number of aliphatic carboxylic acids is 1. The molecule has 1 heterocycles. The number of carboxylic acid groups (broad SMARTS) is 1. The van der Waals surface area contributed by atoms with E-state index in [1.807, 2.05) is 30.9 Å². The van der Waals surface area contributed by atoms with E-state index in [-0.39, 0.29) is 0 Å². The van der Waals surface area contributed by atoms with Crippen LogP contribution in [0, 0.1) is 13.8 Å². The van der Waals surface area contributed by atoms with E-state index in [1.165, 1.54) is 11.1 Å². The molecule has 1 aromatic rings. The van der Waals surface area contributed by atoms with Crippen molar-refractivity contribution in [1.82, 2.24) is 4.90 Å². The number of benzene rings is 1. The van der Waals surface area contributed by atoms with Gasteiger partial charge in [0.1, 0.15) is 6.04 Å². The molecule has 19 heavy (non-hydrogen) atoms. The Kier molecular flexibility index (Phi) is 4.56. The van der Waals surface area contributed by atoms with Crippen LogP contribution in [-0.2, 0) is 16.0 Å². The molecule has 0 bridgehead atoms. The first kappa shape index (κ1) is 14.0. The highest BCUT2D eigenvalue weighted by Gasteiger charge is 2.27. The van der Waals surface area contributed by atoms with Gasteiger partial charge in [0.05, 0.1) is 13.2 Å². The summed E-state index contributed by atoms with van der Waals surface area (Å²) in [5, 5.41) is 9.45. The molecule has 1 unspecified atom stereocenters. The molecule has 0 aromatic heterocycles. The molecule has 1 fully saturated rings. The molecule has 1 aliphatic heterocycles. The Bertz CT molecular complexity index is 453. The fourth-order valence-corrected chi connectivity index (χ4v) is 2.54. The minimum absolute atomic E-state index is 0.453. The molecule has 1 saturated heterocycles. The van der Waals surface area contributed by atoms with E-state index < -0.39 is 12.0 Å². The molecule has 4 heteroatoms. The highest BCUT2D eigenvalue weighted by atomic mass is 16.5. The second-order valence-electron chi connectivity index (χ2n) is 5.14. The number of carboxylic acids is 1. The number of hydrogen-bond donors (Lipinski definition) is 1. The highest BCUT2D eigenvalue weighted by molar-refractivity contribution is 5.74. The Labute approximate surface area is 114 Å². The second-order valence-corrected chi connectivity index (χ2v) is 5.14. The molecular formula is C15H21NO3. The summed E-state index contributed by atoms with van der Waals surface area (Å²) in [4.78, 5) is 13.5. The van der Waals surface area contributed by atoms with Gasteiger partial charge in [-0.05, 0) is 31.4 Å². The summed E-state index contributed by atoms with van der Waals surface area (Å²) in [5.74, 6) is -0.748. The first-order chi connectivity index (χ1) is 9.08. The number of morpholine rings is 1. The normalized spacial score (nSPS) is 18.2. The van der Waals surface area contributed by atoms with Gasteiger partial charge in [-0.1, -0.05) is 23.8 Å². The summed E-state index contributed by atoms with van der Waals surface area (Å²) in [7, 11) is 0. The summed E-state index contributed by atoms with van der Waals surface area (Å²) in [6.07, 6.45) is 0.557. The summed E-state index contributed by atoms with van der Waals surface area (Å²) in [6.45, 7) is 6.73. The Balaban J connectivity index is 2.13. The molecule has 104 valence electrons. The number of carbonyl (C=O) groups is 1. The van der Waals surface area contributed by atoms with Gasteiger partial charge in [-0.15, -0.1) is 0 Å². The zero-order valence-corrected chi connectivity index (χ0v) is 11.6. The molecule has 0 saturated carbocycles. The third-order valence-corrected chi connectivity index (χ3v) is 3.68. The molecule has 2 rings (SSSR count). The molecule has 0 aliphatic carbocycles. The molecule has 1 aromatic carbocycles. The minimum atomic E-state index is -0.748. The van der Waals surface area contributed by atoms with Gasteiger partial charge in [-0.3, -0.25) is 9.69 Å². The lowest BCUT2D eigenvalue weighted by atomic mass is 9.98. The molecule has 0 amide bonds. The Morgan fingerprint density at radius 3 is 2.63 bits per heavy atom. The van der Waals surface area contributed by atoms with E-state index in [2.05, 4.69) is 6.07 Å². The predicted molar refractivity (Wildman–Crippen MR) is 73.4 cm³/mol. The van der Waals surface area contributed by atoms with Crippen molar-refractivity contribution in [3.8, 4) is 0 Å². The molecular weight excluding hydrogens is 242 g/mol. The molecule has 0 radical (unpaired) electrons. The minimum Gasteiger partial charge on any atom is -0.480 e. The van der Waals surface area contributed by atoms with Crippen molar-refractivity contribution in [3.63, 3.8) is 0 Å². The van der Waals surface area contributed by atoms with Crippen molar-refractivity contribution >= 4 is 5.97 Å². The zero-order chi connectivity index (χ0) is 13.8. The third-order valence-electron chi connectivity index (χ3n) is 3.68. The van der Waals surface area contributed by atoms with Gasteiger partial charge in [0.15, 0.2) is 0 Å². The van der Waals surface area contributed by atoms with E-state index in [1.54, 1.807) is 0 Å². The lowest BCUT2D eigenvalue weighted by molar-refractivity contribution is -0.145. The largest absolute Gasteiger partial charge is 0.480 e. The van der Waals surface area contributed by atoms with Gasteiger partial charge in [0.2, 0.25) is 0 Å². The summed E-state index contributed by atoms with van der Waals surface area (Å²) in [5.41, 5.74) is 3.49. The SMILES string of the molecule is Cc1ccc(CC(C(=O)O)N2CCOCC2)c(C)c1. The van der Waals surface area contributed by atoms with Crippen molar-refractivity contribution in [2.45, 2.75) is 26.3 Å². The highest BCUT2D eigenvalue weighted by Crippen LogP contribution is 2.16. The summed E-state index contributed by atoms with van der Waals surface area (Å²) in [6, 6.07) is 5.74. The third kappa shape index (κ3) is 3.55. The van der Waals surface area contributed by atoms with Crippen LogP contribution in [0.5, 0.6) is 0 Å². The lowest BCUT2D eigenvalue weighted by Crippen LogP contribution is -2.48. The monoisotopic (exact) mass is 263 g/mol. The van der Waals surface area contributed by atoms with Gasteiger partial charge in [0.25, 0.3) is 0 Å². The van der Waals surface area contributed by atoms with Crippen LogP contribution < -0.4 is 0 Å². The summed E-state index contributed by atoms with van der Waals surface area (Å²) < 4.78 is 5.28. The molecule has 4 nitrogen and oxygen atoms in total. The molecule has 1 N–H and O–H groups in total. The maximum absolute atomic E-state index is 11.5. The van der Waals surface area contributed by atoms with Crippen LogP contribution in [0.15, 0.2) is 18.2 Å². The van der Waals surface area contributed by atoms with Crippen molar-refractivity contribution in [1.29, 1.82) is 0 Å². The Morgan fingerprint density at radius 1 is 1.37 bits per heavy atom. The molecule has 1 atom stereocenters. The predicted octanol–water partition coefficient (Wildman–Crippen LogP) is 1.63. The number of rotatable bonds is 4. The van der Waals surface area contributed by atoms with E-state index in [0.717, 1.165) is 5.56 Å². The van der Waals surface area contributed by atoms with Crippen LogP contribution in [0.4, 0.5) is 0 Å². The standard InChI is InChI=1S/C15H21NO3/c1-11-3-4-13(12(2)9-11)10-14(15(17)18)16-5-7-19-8-6-16/h3-4,9,14H,5-8,10H2,1-2H3,(H,17,18). The van der Waals surface area contributed by atoms with E-state index in [9.17, 15) is 9.90 Å². The van der Waals surface area contributed by atoms with Crippen LogP contribution in [-0.4, -0.2) is 48.3 Å². The van der Waals surface area contributed by atoms with Crippen molar-refractivity contribution in [2.75, 3.05) is 26.3 Å². The smallest absolute Gasteiger partial charge is 0.321 e. The van der Waals surface area contributed by atoms with Crippen LogP contribution in [0.25, 0.3) is 0 Å². The fourth-order valence-electron chi connectivity index (χ4n) is 2.54. The first-order valence-corrected chi connectivity index (χ1v) is 6.68. The Hall–Kier alpha value is -1.39. The lowest BCUT2D eigenvalue weighted by Gasteiger charge is -2.32. The average molecular weight is 263 g/mol. The van der Waals surface area contributed by atoms with Crippen LogP contribution in [0.2, 0.25) is 0 Å². The van der Waals surface area contributed by atoms with Gasteiger partial charge in [-0.2, -0.15) is 0 Å². The van der Waals surface area contributed by atoms with Crippen LogP contribution in [0.1, 0.15) is 16.7 Å². The zero-order valence-electron chi connectivity index (χ0n) is 11.6. The quantitative estimate of drug-likeness (QED) is 0.897. The van der Waals surface area contributed by atoms with Crippen LogP contribution in [0.3, 0.4) is 0 Å². The number of nitrogens with zero attached hydrogens (tertiary/aromatic N) is 1. The van der Waals surface area contributed by atoms with Gasteiger partial charge >= 0.3 is 5.97 Å². The average Bonchev–Trinajstić information content (AvgIpc) is 2.38. The van der Waals surface area contributed by atoms with Crippen LogP contribution >= 0.6 is 0 Å². The second kappa shape index (κ2) is 6.17. The maximum Gasteiger partial charge on any atom is 0.321 e. The number of hydrogen-bond acceptors (Lipinski definition) is 3.